The van der Waals surface area contributed by atoms with E-state index in [1.807, 2.05) is 63.4 Å². The van der Waals surface area contributed by atoms with Crippen LogP contribution >= 0.6 is 11.6 Å². The van der Waals surface area contributed by atoms with Gasteiger partial charge in [0.25, 0.3) is 0 Å². The second-order valence-electron chi connectivity index (χ2n) is 7.07. The first-order valence-corrected chi connectivity index (χ1v) is 10.4. The van der Waals surface area contributed by atoms with Crippen molar-refractivity contribution in [2.45, 2.75) is 47.5 Å². The van der Waals surface area contributed by atoms with Crippen LogP contribution in [0.25, 0.3) is 11.1 Å². The highest BCUT2D eigenvalue weighted by Gasteiger charge is 2.11. The molecule has 2 aromatic carbocycles. The van der Waals surface area contributed by atoms with E-state index in [-0.39, 0.29) is 0 Å². The van der Waals surface area contributed by atoms with Crippen molar-refractivity contribution < 1.29 is 0 Å². The molecular weight excluding hydrogens is 378 g/mol. The van der Waals surface area contributed by atoms with Crippen LogP contribution in [0.4, 0.5) is 11.4 Å². The van der Waals surface area contributed by atoms with Crippen molar-refractivity contribution in [3.8, 4) is 11.1 Å². The summed E-state index contributed by atoms with van der Waals surface area (Å²) in [7, 11) is 0. The number of halogens is 1. The Morgan fingerprint density at radius 3 is 2.31 bits per heavy atom. The second kappa shape index (κ2) is 10.8. The summed E-state index contributed by atoms with van der Waals surface area (Å²) in [5, 5.41) is 0.564. The number of aliphatic imine (C=N–C) groups is 2. The molecular formula is C25H30ClN3. The molecule has 3 nitrogen and oxygen atoms in total. The van der Waals surface area contributed by atoms with Crippen LogP contribution in [-0.4, -0.2) is 12.1 Å². The van der Waals surface area contributed by atoms with Crippen LogP contribution in [0.15, 0.2) is 64.1 Å². The minimum Gasteiger partial charge on any atom is -0.384 e. The van der Waals surface area contributed by atoms with E-state index in [0.29, 0.717) is 16.5 Å². The topological polar surface area (TPSA) is 50.7 Å². The molecule has 152 valence electrons. The fourth-order valence-corrected chi connectivity index (χ4v) is 3.34. The molecule has 0 saturated carbocycles. The first kappa shape index (κ1) is 22.6. The van der Waals surface area contributed by atoms with Gasteiger partial charge >= 0.3 is 0 Å². The quantitative estimate of drug-likeness (QED) is 0.378. The summed E-state index contributed by atoms with van der Waals surface area (Å²) in [6, 6.07) is 10.3. The molecule has 0 aliphatic heterocycles. The highest BCUT2D eigenvalue weighted by atomic mass is 35.5. The fourth-order valence-electron chi connectivity index (χ4n) is 3.11. The van der Waals surface area contributed by atoms with Gasteiger partial charge < -0.3 is 5.73 Å². The summed E-state index contributed by atoms with van der Waals surface area (Å²) < 4.78 is 0. The van der Waals surface area contributed by atoms with Gasteiger partial charge in [-0.25, -0.2) is 4.99 Å². The van der Waals surface area contributed by atoms with Gasteiger partial charge in [-0.15, -0.1) is 0 Å². The van der Waals surface area contributed by atoms with Crippen LogP contribution in [0.1, 0.15) is 45.7 Å². The fraction of sp³-hybridized carbons (Fsp3) is 0.280. The SMILES string of the molecule is C/C=C/C=Nc1cc(CC)c(CC)cc1-c1ccc(N=C(N)C=C(C)C)c(Cl)c1. The Balaban J connectivity index is 2.57. The van der Waals surface area contributed by atoms with Gasteiger partial charge in [0, 0.05) is 11.8 Å². The number of hydrogen-bond acceptors (Lipinski definition) is 2. The third kappa shape index (κ3) is 6.16. The average Bonchev–Trinajstić information content (AvgIpc) is 2.68. The summed E-state index contributed by atoms with van der Waals surface area (Å²) in [6.07, 6.45) is 9.50. The number of nitrogens with two attached hydrogens (primary N) is 1. The standard InChI is InChI=1S/C25H30ClN3/c1-6-9-12-28-24-16-19(8-3)18(7-2)14-21(24)20-10-11-23(22(26)15-20)29-25(27)13-17(4)5/h6,9-16H,7-8H2,1-5H3,(H2,27,29)/b9-6+,28-12?. The van der Waals surface area contributed by atoms with Gasteiger partial charge in [-0.3, -0.25) is 4.99 Å². The van der Waals surface area contributed by atoms with Gasteiger partial charge in [0.05, 0.1) is 16.4 Å². The Kier molecular flexibility index (Phi) is 8.41. The van der Waals surface area contributed by atoms with E-state index in [0.717, 1.165) is 35.2 Å². The van der Waals surface area contributed by atoms with E-state index in [4.69, 9.17) is 17.3 Å². The van der Waals surface area contributed by atoms with Gasteiger partial charge in [0.1, 0.15) is 5.84 Å². The molecule has 0 aliphatic carbocycles. The van der Waals surface area contributed by atoms with Crippen molar-refractivity contribution in [3.05, 3.63) is 70.3 Å². The van der Waals surface area contributed by atoms with Crippen molar-refractivity contribution in [2.75, 3.05) is 0 Å². The molecule has 0 radical (unpaired) electrons. The molecule has 2 rings (SSSR count). The predicted molar refractivity (Wildman–Crippen MR) is 129 cm³/mol. The number of allylic oxidation sites excluding steroid dienone is 3. The minimum atomic E-state index is 0.442. The van der Waals surface area contributed by atoms with Crippen molar-refractivity contribution in [1.29, 1.82) is 0 Å². The molecule has 0 aromatic heterocycles. The molecule has 0 bridgehead atoms. The lowest BCUT2D eigenvalue weighted by molar-refractivity contribution is 1.04. The van der Waals surface area contributed by atoms with Crippen LogP contribution in [0.2, 0.25) is 5.02 Å². The van der Waals surface area contributed by atoms with Crippen LogP contribution in [0, 0.1) is 0 Å². The molecule has 2 N–H and O–H groups in total. The van der Waals surface area contributed by atoms with Crippen LogP contribution in [0.3, 0.4) is 0 Å². The van der Waals surface area contributed by atoms with E-state index < -0.39 is 0 Å². The van der Waals surface area contributed by atoms with Gasteiger partial charge in [-0.2, -0.15) is 0 Å². The lowest BCUT2D eigenvalue weighted by Gasteiger charge is -2.14. The number of nitrogens with zero attached hydrogens (tertiary/aromatic N) is 2. The van der Waals surface area contributed by atoms with Gasteiger partial charge in [0.2, 0.25) is 0 Å². The molecule has 0 heterocycles. The molecule has 2 aromatic rings. The third-order valence-corrected chi connectivity index (χ3v) is 4.82. The summed E-state index contributed by atoms with van der Waals surface area (Å²) in [5.41, 5.74) is 13.4. The Hall–Kier alpha value is -2.65. The lowest BCUT2D eigenvalue weighted by Crippen LogP contribution is -2.07. The van der Waals surface area contributed by atoms with E-state index in [2.05, 4.69) is 36.0 Å². The molecule has 0 saturated heterocycles. The van der Waals surface area contributed by atoms with Crippen molar-refractivity contribution in [2.24, 2.45) is 15.7 Å². The lowest BCUT2D eigenvalue weighted by atomic mass is 9.94. The molecule has 29 heavy (non-hydrogen) atoms. The third-order valence-electron chi connectivity index (χ3n) is 4.52. The van der Waals surface area contributed by atoms with E-state index in [1.165, 1.54) is 11.1 Å². The first-order valence-electron chi connectivity index (χ1n) is 9.99. The predicted octanol–water partition coefficient (Wildman–Crippen LogP) is 7.37. The smallest absolute Gasteiger partial charge is 0.124 e. The first-order chi connectivity index (χ1) is 13.9. The molecule has 0 amide bonds. The Morgan fingerprint density at radius 2 is 1.72 bits per heavy atom. The number of benzene rings is 2. The average molecular weight is 408 g/mol. The van der Waals surface area contributed by atoms with Gasteiger partial charge in [0.15, 0.2) is 0 Å². The Morgan fingerprint density at radius 1 is 1.03 bits per heavy atom. The highest BCUT2D eigenvalue weighted by Crippen LogP contribution is 2.37. The molecule has 0 aliphatic rings. The maximum atomic E-state index is 6.54. The summed E-state index contributed by atoms with van der Waals surface area (Å²) in [5.74, 6) is 0.442. The summed E-state index contributed by atoms with van der Waals surface area (Å²) in [4.78, 5) is 9.10. The Labute approximate surface area is 179 Å². The highest BCUT2D eigenvalue weighted by molar-refractivity contribution is 6.33. The molecule has 0 fully saturated rings. The van der Waals surface area contributed by atoms with Crippen LogP contribution in [-0.2, 0) is 12.8 Å². The van der Waals surface area contributed by atoms with Crippen molar-refractivity contribution in [1.82, 2.24) is 0 Å². The summed E-state index contributed by atoms with van der Waals surface area (Å²) in [6.45, 7) is 10.3. The zero-order chi connectivity index (χ0) is 21.4. The molecule has 4 heteroatoms. The zero-order valence-electron chi connectivity index (χ0n) is 18.0. The number of hydrogen-bond donors (Lipinski definition) is 1. The van der Waals surface area contributed by atoms with Crippen molar-refractivity contribution >= 4 is 35.0 Å². The monoisotopic (exact) mass is 407 g/mol. The normalized spacial score (nSPS) is 12.1. The Bertz CT molecular complexity index is 978. The van der Waals surface area contributed by atoms with Crippen molar-refractivity contribution in [3.63, 3.8) is 0 Å². The maximum absolute atomic E-state index is 6.54. The second-order valence-corrected chi connectivity index (χ2v) is 7.48. The van der Waals surface area contributed by atoms with Gasteiger partial charge in [-0.1, -0.05) is 43.2 Å². The zero-order valence-corrected chi connectivity index (χ0v) is 18.7. The number of rotatable bonds is 7. The largest absolute Gasteiger partial charge is 0.384 e. The maximum Gasteiger partial charge on any atom is 0.124 e. The van der Waals surface area contributed by atoms with E-state index in [9.17, 15) is 0 Å². The van der Waals surface area contributed by atoms with E-state index >= 15 is 0 Å². The van der Waals surface area contributed by atoms with Crippen LogP contribution in [0.5, 0.6) is 0 Å². The molecule has 0 spiro atoms. The van der Waals surface area contributed by atoms with E-state index in [1.54, 1.807) is 0 Å². The molecule has 0 unspecified atom stereocenters. The number of amidine groups is 1. The van der Waals surface area contributed by atoms with Crippen LogP contribution < -0.4 is 5.73 Å². The minimum absolute atomic E-state index is 0.442. The number of aryl methyl sites for hydroxylation is 2. The molecule has 0 atom stereocenters. The summed E-state index contributed by atoms with van der Waals surface area (Å²) >= 11 is 6.54. The van der Waals surface area contributed by atoms with Gasteiger partial charge in [-0.05, 0) is 86.7 Å².